The van der Waals surface area contributed by atoms with Gasteiger partial charge in [-0.1, -0.05) is 35.4 Å². The van der Waals surface area contributed by atoms with Gasteiger partial charge in [-0.3, -0.25) is 0 Å². The zero-order valence-electron chi connectivity index (χ0n) is 11.8. The second-order valence-electron chi connectivity index (χ2n) is 4.57. The summed E-state index contributed by atoms with van der Waals surface area (Å²) < 4.78 is 0. The van der Waals surface area contributed by atoms with Gasteiger partial charge in [0.25, 0.3) is 0 Å². The first-order valence-corrected chi connectivity index (χ1v) is 6.20. The molecule has 2 aromatic carbocycles. The number of nitrogens with two attached hydrogens (primary N) is 1. The van der Waals surface area contributed by atoms with E-state index in [1.807, 2.05) is 0 Å². The third-order valence-electron chi connectivity index (χ3n) is 2.75. The number of aromatic carboxylic acids is 2. The Labute approximate surface area is 122 Å². The van der Waals surface area contributed by atoms with Gasteiger partial charge in [0.2, 0.25) is 0 Å². The Balaban J connectivity index is 0.000000235. The highest BCUT2D eigenvalue weighted by Gasteiger charge is 2.10. The Morgan fingerprint density at radius 1 is 0.857 bits per heavy atom. The van der Waals surface area contributed by atoms with Crippen molar-refractivity contribution in [3.05, 3.63) is 64.7 Å². The number of hydrogen-bond acceptors (Lipinski definition) is 3. The molecule has 0 aliphatic carbocycles. The van der Waals surface area contributed by atoms with Crippen LogP contribution in [0.3, 0.4) is 0 Å². The standard InChI is InChI=1S/C8H7NO4.C8H10/c9-6-3-4(7(10)11)1-2-5(6)8(12)13;1-7-3-5-8(2)6-4-7/h1-3H,9H2,(H,10,11)(H,12,13);3-6H,1-2H3. The van der Waals surface area contributed by atoms with Gasteiger partial charge < -0.3 is 15.9 Å². The minimum absolute atomic E-state index is 0.0255. The van der Waals surface area contributed by atoms with Crippen LogP contribution >= 0.6 is 0 Å². The van der Waals surface area contributed by atoms with E-state index in [0.717, 1.165) is 6.07 Å². The Morgan fingerprint density at radius 3 is 1.67 bits per heavy atom. The Hall–Kier alpha value is -2.82. The van der Waals surface area contributed by atoms with E-state index in [1.54, 1.807) is 0 Å². The smallest absolute Gasteiger partial charge is 0.337 e. The van der Waals surface area contributed by atoms with Gasteiger partial charge in [-0.2, -0.15) is 0 Å². The van der Waals surface area contributed by atoms with Crippen molar-refractivity contribution in [2.75, 3.05) is 5.73 Å². The quantitative estimate of drug-likeness (QED) is 0.737. The number of anilines is 1. The van der Waals surface area contributed by atoms with Gasteiger partial charge >= 0.3 is 11.9 Å². The summed E-state index contributed by atoms with van der Waals surface area (Å²) in [7, 11) is 0. The summed E-state index contributed by atoms with van der Waals surface area (Å²) in [6, 6.07) is 12.0. The van der Waals surface area contributed by atoms with Crippen LogP contribution in [0.15, 0.2) is 42.5 Å². The fourth-order valence-corrected chi connectivity index (χ4v) is 1.53. The van der Waals surface area contributed by atoms with Gasteiger partial charge in [0, 0.05) is 5.69 Å². The van der Waals surface area contributed by atoms with E-state index in [-0.39, 0.29) is 16.8 Å². The van der Waals surface area contributed by atoms with Crippen LogP contribution in [-0.2, 0) is 0 Å². The average Bonchev–Trinajstić information content (AvgIpc) is 2.42. The Kier molecular flexibility index (Phi) is 5.48. The zero-order chi connectivity index (χ0) is 16.0. The minimum atomic E-state index is -1.17. The number of nitrogen functional groups attached to an aromatic ring is 1. The first-order chi connectivity index (χ1) is 9.81. The first kappa shape index (κ1) is 16.2. The maximum atomic E-state index is 10.5. The summed E-state index contributed by atoms with van der Waals surface area (Å²) in [4.78, 5) is 20.9. The normalized spacial score (nSPS) is 9.43. The van der Waals surface area contributed by atoms with Gasteiger partial charge in [0.15, 0.2) is 0 Å². The van der Waals surface area contributed by atoms with E-state index >= 15 is 0 Å². The van der Waals surface area contributed by atoms with E-state index in [4.69, 9.17) is 15.9 Å². The molecular weight excluding hydrogens is 270 g/mol. The molecule has 5 heteroatoms. The second-order valence-corrected chi connectivity index (χ2v) is 4.57. The van der Waals surface area contributed by atoms with Crippen molar-refractivity contribution >= 4 is 17.6 Å². The lowest BCUT2D eigenvalue weighted by molar-refractivity contribution is 0.0682. The molecule has 0 aromatic heterocycles. The van der Waals surface area contributed by atoms with E-state index in [0.29, 0.717) is 0 Å². The predicted octanol–water partition coefficient (Wildman–Crippen LogP) is 2.97. The van der Waals surface area contributed by atoms with Crippen LogP contribution < -0.4 is 5.73 Å². The average molecular weight is 287 g/mol. The molecule has 0 bridgehead atoms. The van der Waals surface area contributed by atoms with Crippen LogP contribution in [0.1, 0.15) is 31.8 Å². The molecule has 0 spiro atoms. The lowest BCUT2D eigenvalue weighted by atomic mass is 10.1. The number of benzene rings is 2. The van der Waals surface area contributed by atoms with Crippen molar-refractivity contribution in [2.45, 2.75) is 13.8 Å². The number of carboxylic acid groups (broad SMARTS) is 2. The summed E-state index contributed by atoms with van der Waals surface area (Å²) in [6.07, 6.45) is 0. The van der Waals surface area contributed by atoms with Crippen molar-refractivity contribution in [1.82, 2.24) is 0 Å². The van der Waals surface area contributed by atoms with Gasteiger partial charge in [0.1, 0.15) is 0 Å². The van der Waals surface area contributed by atoms with Crippen molar-refractivity contribution in [2.24, 2.45) is 0 Å². The van der Waals surface area contributed by atoms with Crippen molar-refractivity contribution in [3.8, 4) is 0 Å². The largest absolute Gasteiger partial charge is 0.478 e. The first-order valence-electron chi connectivity index (χ1n) is 6.20. The molecule has 0 heterocycles. The molecule has 0 unspecified atom stereocenters. The molecule has 0 atom stereocenters. The third-order valence-corrected chi connectivity index (χ3v) is 2.75. The molecule has 0 radical (unpaired) electrons. The number of carboxylic acids is 2. The van der Waals surface area contributed by atoms with Gasteiger partial charge in [-0.05, 0) is 32.0 Å². The number of aryl methyl sites for hydroxylation is 2. The lowest BCUT2D eigenvalue weighted by Crippen LogP contribution is -2.05. The molecule has 110 valence electrons. The molecule has 0 aliphatic rings. The highest BCUT2D eigenvalue weighted by molar-refractivity contribution is 5.96. The fraction of sp³-hybridized carbons (Fsp3) is 0.125. The Bertz CT molecular complexity index is 627. The van der Waals surface area contributed by atoms with Crippen LogP contribution in [0.25, 0.3) is 0 Å². The fourth-order valence-electron chi connectivity index (χ4n) is 1.53. The second kappa shape index (κ2) is 7.09. The number of hydrogen-bond donors (Lipinski definition) is 3. The predicted molar refractivity (Wildman–Crippen MR) is 80.7 cm³/mol. The van der Waals surface area contributed by atoms with E-state index < -0.39 is 11.9 Å². The number of rotatable bonds is 2. The van der Waals surface area contributed by atoms with Crippen LogP contribution in [0.5, 0.6) is 0 Å². The lowest BCUT2D eigenvalue weighted by Gasteiger charge is -2.00. The molecule has 2 aromatic rings. The molecule has 0 saturated heterocycles. The SMILES string of the molecule is Cc1ccc(C)cc1.Nc1cc(C(=O)O)ccc1C(=O)O. The summed E-state index contributed by atoms with van der Waals surface area (Å²) >= 11 is 0. The minimum Gasteiger partial charge on any atom is -0.478 e. The topological polar surface area (TPSA) is 101 Å². The summed E-state index contributed by atoms with van der Waals surface area (Å²) in [5.41, 5.74) is 7.81. The van der Waals surface area contributed by atoms with Crippen LogP contribution in [-0.4, -0.2) is 22.2 Å². The van der Waals surface area contributed by atoms with Crippen molar-refractivity contribution in [3.63, 3.8) is 0 Å². The Morgan fingerprint density at radius 2 is 1.33 bits per heavy atom. The molecule has 0 saturated carbocycles. The number of carbonyl (C=O) groups is 2. The maximum absolute atomic E-state index is 10.5. The highest BCUT2D eigenvalue weighted by Crippen LogP contribution is 2.14. The molecule has 2 rings (SSSR count). The molecule has 4 N–H and O–H groups in total. The van der Waals surface area contributed by atoms with E-state index in [1.165, 1.54) is 23.3 Å². The van der Waals surface area contributed by atoms with Crippen LogP contribution in [0, 0.1) is 13.8 Å². The molecule has 5 nitrogen and oxygen atoms in total. The van der Waals surface area contributed by atoms with Crippen LogP contribution in [0.2, 0.25) is 0 Å². The van der Waals surface area contributed by atoms with Crippen LogP contribution in [0.4, 0.5) is 5.69 Å². The van der Waals surface area contributed by atoms with Gasteiger partial charge in [-0.25, -0.2) is 9.59 Å². The molecule has 0 fully saturated rings. The maximum Gasteiger partial charge on any atom is 0.337 e. The molecule has 0 aliphatic heterocycles. The van der Waals surface area contributed by atoms with Crippen molar-refractivity contribution in [1.29, 1.82) is 0 Å². The van der Waals surface area contributed by atoms with E-state index in [2.05, 4.69) is 38.1 Å². The summed E-state index contributed by atoms with van der Waals surface area (Å²) in [6.45, 7) is 4.19. The monoisotopic (exact) mass is 287 g/mol. The highest BCUT2D eigenvalue weighted by atomic mass is 16.4. The zero-order valence-corrected chi connectivity index (χ0v) is 11.8. The molecular formula is C16H17NO4. The van der Waals surface area contributed by atoms with Crippen molar-refractivity contribution < 1.29 is 19.8 Å². The summed E-state index contributed by atoms with van der Waals surface area (Å²) in [5, 5.41) is 17.1. The van der Waals surface area contributed by atoms with E-state index in [9.17, 15) is 9.59 Å². The molecule has 0 amide bonds. The van der Waals surface area contributed by atoms with Gasteiger partial charge in [0.05, 0.1) is 11.1 Å². The third kappa shape index (κ3) is 4.99. The molecule has 21 heavy (non-hydrogen) atoms. The summed E-state index contributed by atoms with van der Waals surface area (Å²) in [5.74, 6) is -2.31. The van der Waals surface area contributed by atoms with Gasteiger partial charge in [-0.15, -0.1) is 0 Å².